The molecule has 0 bridgehead atoms. The molecule has 3 heterocycles. The fraction of sp³-hybridized carbons (Fsp3) is 0.567. The van der Waals surface area contributed by atoms with Crippen molar-refractivity contribution in [2.75, 3.05) is 19.7 Å². The number of nitrogens with one attached hydrogen (secondary N) is 3. The van der Waals surface area contributed by atoms with Crippen LogP contribution in [0.15, 0.2) is 18.2 Å². The Labute approximate surface area is 254 Å². The Bertz CT molecular complexity index is 1410. The molecule has 5 rings (SSSR count). The largest absolute Gasteiger partial charge is 0.457 e. The number of aromatic amines is 1. The van der Waals surface area contributed by atoms with Crippen molar-refractivity contribution < 1.29 is 28.7 Å². The van der Waals surface area contributed by atoms with Gasteiger partial charge in [-0.1, -0.05) is 43.5 Å². The molecule has 1 aromatic heterocycles. The molecule has 1 aliphatic carbocycles. The molecule has 2 aromatic rings. The van der Waals surface area contributed by atoms with Crippen LogP contribution >= 0.6 is 23.2 Å². The highest BCUT2D eigenvalue weighted by Crippen LogP contribution is 2.43. The lowest BCUT2D eigenvalue weighted by atomic mass is 9.92. The molecule has 0 spiro atoms. The normalized spacial score (nSPS) is 24.1. The smallest absolute Gasteiger partial charge is 0.308 e. The SMILES string of the molecule is CC(C)C(=O)OCC(=O)[C@H](CC[C@@H]1CCNC1=O)NC(=O)[C@@H]1[C@H]2CCC[C@H]2CN1C(=O)c1cc2c(Cl)cc(Cl)cc2[nH]1. The number of rotatable bonds is 10. The first-order valence-corrected chi connectivity index (χ1v) is 15.3. The van der Waals surface area contributed by atoms with E-state index in [9.17, 15) is 24.0 Å². The molecule has 2 saturated heterocycles. The lowest BCUT2D eigenvalue weighted by molar-refractivity contribution is -0.151. The van der Waals surface area contributed by atoms with E-state index in [-0.39, 0.29) is 36.0 Å². The van der Waals surface area contributed by atoms with Gasteiger partial charge in [0.05, 0.1) is 17.0 Å². The highest BCUT2D eigenvalue weighted by molar-refractivity contribution is 6.38. The van der Waals surface area contributed by atoms with Crippen molar-refractivity contribution >= 4 is 63.6 Å². The van der Waals surface area contributed by atoms with Crippen LogP contribution in [0.3, 0.4) is 0 Å². The van der Waals surface area contributed by atoms with Gasteiger partial charge in [-0.3, -0.25) is 24.0 Å². The molecule has 3 aliphatic rings. The second-order valence-electron chi connectivity index (χ2n) is 11.9. The molecule has 3 amide bonds. The minimum atomic E-state index is -0.961. The molecule has 3 fully saturated rings. The Morgan fingerprint density at radius 1 is 1.12 bits per heavy atom. The number of ketones is 1. The highest BCUT2D eigenvalue weighted by atomic mass is 35.5. The van der Waals surface area contributed by atoms with Crippen molar-refractivity contribution in [2.24, 2.45) is 23.7 Å². The maximum atomic E-state index is 13.9. The lowest BCUT2D eigenvalue weighted by Gasteiger charge is -2.29. The third kappa shape index (κ3) is 6.29. The van der Waals surface area contributed by atoms with E-state index in [0.29, 0.717) is 52.6 Å². The van der Waals surface area contributed by atoms with Crippen LogP contribution in [0.5, 0.6) is 0 Å². The van der Waals surface area contributed by atoms with Crippen molar-refractivity contribution in [1.29, 1.82) is 0 Å². The van der Waals surface area contributed by atoms with Gasteiger partial charge in [-0.25, -0.2) is 0 Å². The van der Waals surface area contributed by atoms with E-state index in [1.807, 2.05) is 0 Å². The topological polar surface area (TPSA) is 138 Å². The average molecular weight is 620 g/mol. The van der Waals surface area contributed by atoms with Gasteiger partial charge in [-0.05, 0) is 62.1 Å². The summed E-state index contributed by atoms with van der Waals surface area (Å²) in [5.74, 6) is -2.28. The van der Waals surface area contributed by atoms with E-state index in [1.165, 1.54) is 0 Å². The maximum Gasteiger partial charge on any atom is 0.308 e. The Hall–Kier alpha value is -3.11. The first-order chi connectivity index (χ1) is 20.0. The Morgan fingerprint density at radius 3 is 2.62 bits per heavy atom. The van der Waals surface area contributed by atoms with Crippen LogP contribution in [0.25, 0.3) is 10.9 Å². The van der Waals surface area contributed by atoms with E-state index in [0.717, 1.165) is 19.3 Å². The van der Waals surface area contributed by atoms with Gasteiger partial charge in [-0.15, -0.1) is 0 Å². The van der Waals surface area contributed by atoms with E-state index in [2.05, 4.69) is 15.6 Å². The zero-order chi connectivity index (χ0) is 30.1. The van der Waals surface area contributed by atoms with E-state index >= 15 is 0 Å². The van der Waals surface area contributed by atoms with Crippen LogP contribution in [0.1, 0.15) is 62.9 Å². The third-order valence-corrected chi connectivity index (χ3v) is 9.33. The lowest BCUT2D eigenvalue weighted by Crippen LogP contribution is -2.53. The van der Waals surface area contributed by atoms with Crippen LogP contribution in [0, 0.1) is 23.7 Å². The van der Waals surface area contributed by atoms with Gasteiger partial charge < -0.3 is 25.3 Å². The van der Waals surface area contributed by atoms with Crippen LogP contribution in [0.4, 0.5) is 0 Å². The van der Waals surface area contributed by atoms with Crippen molar-refractivity contribution in [1.82, 2.24) is 20.5 Å². The number of amides is 3. The number of esters is 1. The first kappa shape index (κ1) is 30.4. The molecule has 12 heteroatoms. The summed E-state index contributed by atoms with van der Waals surface area (Å²) < 4.78 is 5.17. The van der Waals surface area contributed by atoms with E-state index in [4.69, 9.17) is 27.9 Å². The molecule has 5 atom stereocenters. The molecule has 10 nitrogen and oxygen atoms in total. The number of likely N-dealkylation sites (tertiary alicyclic amines) is 1. The van der Waals surface area contributed by atoms with Gasteiger partial charge in [0.25, 0.3) is 5.91 Å². The Morgan fingerprint density at radius 2 is 1.90 bits per heavy atom. The number of benzene rings is 1. The van der Waals surface area contributed by atoms with Gasteiger partial charge in [0.15, 0.2) is 12.4 Å². The summed E-state index contributed by atoms with van der Waals surface area (Å²) >= 11 is 12.5. The van der Waals surface area contributed by atoms with Crippen LogP contribution in [-0.2, 0) is 23.9 Å². The first-order valence-electron chi connectivity index (χ1n) is 14.6. The molecular weight excluding hydrogens is 583 g/mol. The van der Waals surface area contributed by atoms with Gasteiger partial charge >= 0.3 is 5.97 Å². The number of hydrogen-bond acceptors (Lipinski definition) is 6. The van der Waals surface area contributed by atoms with Gasteiger partial charge in [0, 0.05) is 34.9 Å². The summed E-state index contributed by atoms with van der Waals surface area (Å²) in [5, 5.41) is 7.18. The second kappa shape index (κ2) is 12.6. The molecule has 0 unspecified atom stereocenters. The van der Waals surface area contributed by atoms with Crippen molar-refractivity contribution in [3.8, 4) is 0 Å². The monoisotopic (exact) mass is 618 g/mol. The quantitative estimate of drug-likeness (QED) is 0.345. The molecule has 0 radical (unpaired) electrons. The van der Waals surface area contributed by atoms with E-state index in [1.54, 1.807) is 36.9 Å². The summed E-state index contributed by atoms with van der Waals surface area (Å²) in [6.07, 6.45) is 3.96. The number of nitrogens with zero attached hydrogens (tertiary/aromatic N) is 1. The van der Waals surface area contributed by atoms with Crippen LogP contribution < -0.4 is 10.6 Å². The van der Waals surface area contributed by atoms with Crippen LogP contribution in [0.2, 0.25) is 10.0 Å². The highest BCUT2D eigenvalue weighted by Gasteiger charge is 2.50. The number of H-pyrrole nitrogens is 1. The summed E-state index contributed by atoms with van der Waals surface area (Å²) in [5.41, 5.74) is 0.918. The van der Waals surface area contributed by atoms with Gasteiger partial charge in [-0.2, -0.15) is 0 Å². The standard InChI is InChI=1S/C30H36Cl2N4O6/c1-15(2)30(41)42-14-25(37)22(7-6-16-8-9-33-27(16)38)35-28(39)26-19-5-3-4-17(19)13-36(26)29(40)24-12-20-21(32)10-18(31)11-23(20)34-24/h10-12,15-17,19,22,26,34H,3-9,13-14H2,1-2H3,(H,33,38)(H,35,39)/t16-,17+,19+,22+,26+/m1/s1. The number of carbonyl (C=O) groups excluding carboxylic acids is 5. The number of fused-ring (bicyclic) bond motifs is 2. The number of ether oxygens (including phenoxy) is 1. The molecule has 2 aliphatic heterocycles. The number of carbonyl (C=O) groups is 5. The average Bonchev–Trinajstić information content (AvgIpc) is 3.72. The maximum absolute atomic E-state index is 13.9. The molecule has 1 saturated carbocycles. The molecule has 3 N–H and O–H groups in total. The fourth-order valence-electron chi connectivity index (χ4n) is 6.55. The molecule has 1 aromatic carbocycles. The number of hydrogen-bond donors (Lipinski definition) is 3. The Balaban J connectivity index is 1.36. The zero-order valence-corrected chi connectivity index (χ0v) is 25.2. The second-order valence-corrected chi connectivity index (χ2v) is 12.8. The van der Waals surface area contributed by atoms with E-state index < -0.39 is 42.3 Å². The summed E-state index contributed by atoms with van der Waals surface area (Å²) in [6.45, 7) is 3.87. The van der Waals surface area contributed by atoms with Crippen molar-refractivity contribution in [3.63, 3.8) is 0 Å². The number of Topliss-reactive ketones (excluding diaryl/α,β-unsaturated/α-hetero) is 1. The minimum Gasteiger partial charge on any atom is -0.457 e. The predicted octanol–water partition coefficient (Wildman–Crippen LogP) is 3.88. The summed E-state index contributed by atoms with van der Waals surface area (Å²) in [7, 11) is 0. The third-order valence-electron chi connectivity index (χ3n) is 8.80. The summed E-state index contributed by atoms with van der Waals surface area (Å²) in [6, 6.07) is 3.24. The van der Waals surface area contributed by atoms with Crippen molar-refractivity contribution in [2.45, 2.75) is 64.5 Å². The fourth-order valence-corrected chi connectivity index (χ4v) is 7.10. The minimum absolute atomic E-state index is 0.0357. The summed E-state index contributed by atoms with van der Waals surface area (Å²) in [4.78, 5) is 69.8. The molecular formula is C30H36Cl2N4O6. The molecule has 226 valence electrons. The zero-order valence-electron chi connectivity index (χ0n) is 23.7. The van der Waals surface area contributed by atoms with Gasteiger partial charge in [0.1, 0.15) is 11.7 Å². The molecule has 42 heavy (non-hydrogen) atoms. The van der Waals surface area contributed by atoms with Crippen molar-refractivity contribution in [3.05, 3.63) is 33.9 Å². The number of aromatic nitrogens is 1. The predicted molar refractivity (Wildman–Crippen MR) is 157 cm³/mol. The Kier molecular flexibility index (Phi) is 9.13. The van der Waals surface area contributed by atoms with Crippen LogP contribution in [-0.4, -0.2) is 71.1 Å². The number of halogens is 2. The van der Waals surface area contributed by atoms with Gasteiger partial charge in [0.2, 0.25) is 11.8 Å².